The molecule has 1 aromatic rings. The van der Waals surface area contributed by atoms with Crippen molar-refractivity contribution in [2.24, 2.45) is 5.92 Å². The van der Waals surface area contributed by atoms with Crippen molar-refractivity contribution >= 4 is 0 Å². The van der Waals surface area contributed by atoms with Gasteiger partial charge in [-0.25, -0.2) is 4.98 Å². The van der Waals surface area contributed by atoms with Crippen molar-refractivity contribution in [2.45, 2.75) is 44.3 Å². The zero-order chi connectivity index (χ0) is 13.0. The van der Waals surface area contributed by atoms with Gasteiger partial charge in [0.25, 0.3) is 0 Å². The summed E-state index contributed by atoms with van der Waals surface area (Å²) in [4.78, 5) is 7.10. The average Bonchev–Trinajstić information content (AvgIpc) is 2.82. The number of aromatic nitrogens is 2. The lowest BCUT2D eigenvalue weighted by Crippen LogP contribution is -2.37. The van der Waals surface area contributed by atoms with Gasteiger partial charge in [0.05, 0.1) is 5.92 Å². The van der Waals surface area contributed by atoms with Crippen LogP contribution in [0.2, 0.25) is 0 Å². The monoisotopic (exact) mass is 261 g/mol. The minimum absolute atomic E-state index is 0.221. The summed E-state index contributed by atoms with van der Waals surface area (Å²) in [5, 5.41) is 3.30. The highest BCUT2D eigenvalue weighted by atomic mass is 19.4. The van der Waals surface area contributed by atoms with Crippen molar-refractivity contribution in [3.05, 3.63) is 18.2 Å². The van der Waals surface area contributed by atoms with Crippen LogP contribution < -0.4 is 5.32 Å². The number of H-pyrrole nitrogens is 1. The molecule has 0 atom stereocenters. The minimum atomic E-state index is -4.01. The molecule has 18 heavy (non-hydrogen) atoms. The molecule has 102 valence electrons. The molecule has 0 bridgehead atoms. The van der Waals surface area contributed by atoms with Gasteiger partial charge in [0, 0.05) is 31.4 Å². The molecule has 3 nitrogen and oxygen atoms in total. The summed E-state index contributed by atoms with van der Waals surface area (Å²) in [6.07, 6.45) is 1.97. The number of nitrogens with one attached hydrogen (secondary N) is 2. The number of aromatic amines is 1. The third kappa shape index (κ3) is 3.73. The average molecular weight is 261 g/mol. The number of imidazole rings is 1. The molecule has 2 N–H and O–H groups in total. The van der Waals surface area contributed by atoms with Gasteiger partial charge in [-0.1, -0.05) is 0 Å². The van der Waals surface area contributed by atoms with Gasteiger partial charge >= 0.3 is 6.18 Å². The predicted molar refractivity (Wildman–Crippen MR) is 62.1 cm³/mol. The number of hydrogen-bond acceptors (Lipinski definition) is 2. The van der Waals surface area contributed by atoms with Crippen LogP contribution in [0.5, 0.6) is 0 Å². The first-order valence-electron chi connectivity index (χ1n) is 6.34. The van der Waals surface area contributed by atoms with Gasteiger partial charge in [-0.3, -0.25) is 0 Å². The lowest BCUT2D eigenvalue weighted by atomic mass is 9.85. The molecule has 1 fully saturated rings. The molecule has 2 rings (SSSR count). The molecule has 0 radical (unpaired) electrons. The van der Waals surface area contributed by atoms with Crippen molar-refractivity contribution in [1.82, 2.24) is 15.3 Å². The van der Waals surface area contributed by atoms with E-state index in [9.17, 15) is 13.2 Å². The Hall–Kier alpha value is -1.04. The maximum atomic E-state index is 12.5. The van der Waals surface area contributed by atoms with Crippen LogP contribution in [0.4, 0.5) is 13.2 Å². The first-order valence-corrected chi connectivity index (χ1v) is 6.34. The van der Waals surface area contributed by atoms with Gasteiger partial charge < -0.3 is 10.3 Å². The summed E-state index contributed by atoms with van der Waals surface area (Å²) in [5.74, 6) is -0.188. The van der Waals surface area contributed by atoms with Crippen LogP contribution in [0.1, 0.15) is 31.5 Å². The SMILES string of the molecule is FC(F)(F)C1CCC(NCCc2ncc[nH]2)CC1. The largest absolute Gasteiger partial charge is 0.391 e. The normalized spacial score (nSPS) is 25.3. The van der Waals surface area contributed by atoms with E-state index in [0.717, 1.165) is 18.8 Å². The molecule has 0 aliphatic heterocycles. The van der Waals surface area contributed by atoms with Crippen LogP contribution in [-0.4, -0.2) is 28.7 Å². The molecular formula is C12H18F3N3. The van der Waals surface area contributed by atoms with Crippen LogP contribution >= 0.6 is 0 Å². The summed E-state index contributed by atoms with van der Waals surface area (Å²) in [6.45, 7) is 0.759. The molecule has 1 aliphatic carbocycles. The van der Waals surface area contributed by atoms with E-state index in [2.05, 4.69) is 15.3 Å². The predicted octanol–water partition coefficient (Wildman–Crippen LogP) is 2.66. The Morgan fingerprint density at radius 2 is 2.00 bits per heavy atom. The number of alkyl halides is 3. The van der Waals surface area contributed by atoms with Gasteiger partial charge in [-0.15, -0.1) is 0 Å². The second-order valence-corrected chi connectivity index (χ2v) is 4.83. The fourth-order valence-electron chi connectivity index (χ4n) is 2.45. The van der Waals surface area contributed by atoms with Crippen LogP contribution in [0.3, 0.4) is 0 Å². The molecule has 0 saturated heterocycles. The highest BCUT2D eigenvalue weighted by Gasteiger charge is 2.41. The van der Waals surface area contributed by atoms with E-state index in [1.54, 1.807) is 12.4 Å². The molecule has 0 amide bonds. The lowest BCUT2D eigenvalue weighted by Gasteiger charge is -2.30. The van der Waals surface area contributed by atoms with E-state index < -0.39 is 12.1 Å². The maximum absolute atomic E-state index is 12.5. The molecule has 0 aromatic carbocycles. The van der Waals surface area contributed by atoms with E-state index >= 15 is 0 Å². The Kier molecular flexibility index (Phi) is 4.27. The van der Waals surface area contributed by atoms with E-state index in [0.29, 0.717) is 12.8 Å². The summed E-state index contributed by atoms with van der Waals surface area (Å²) in [5.41, 5.74) is 0. The molecule has 1 aliphatic rings. The third-order valence-corrected chi connectivity index (χ3v) is 3.54. The topological polar surface area (TPSA) is 40.7 Å². The Morgan fingerprint density at radius 1 is 1.28 bits per heavy atom. The molecule has 1 saturated carbocycles. The van der Waals surface area contributed by atoms with Crippen molar-refractivity contribution in [2.75, 3.05) is 6.54 Å². The van der Waals surface area contributed by atoms with E-state index in [1.165, 1.54) is 0 Å². The molecule has 1 heterocycles. The number of hydrogen-bond donors (Lipinski definition) is 2. The molecular weight excluding hydrogens is 243 g/mol. The smallest absolute Gasteiger partial charge is 0.349 e. The molecule has 6 heteroatoms. The van der Waals surface area contributed by atoms with Crippen molar-refractivity contribution < 1.29 is 13.2 Å². The summed E-state index contributed by atoms with van der Waals surface area (Å²) in [7, 11) is 0. The second kappa shape index (κ2) is 5.73. The molecule has 0 unspecified atom stereocenters. The Bertz CT molecular complexity index is 340. The van der Waals surface area contributed by atoms with E-state index in [-0.39, 0.29) is 18.9 Å². The number of nitrogens with zero attached hydrogens (tertiary/aromatic N) is 1. The van der Waals surface area contributed by atoms with Crippen LogP contribution in [0.15, 0.2) is 12.4 Å². The fraction of sp³-hybridized carbons (Fsp3) is 0.750. The van der Waals surface area contributed by atoms with E-state index in [4.69, 9.17) is 0 Å². The lowest BCUT2D eigenvalue weighted by molar-refractivity contribution is -0.182. The fourth-order valence-corrected chi connectivity index (χ4v) is 2.45. The minimum Gasteiger partial charge on any atom is -0.349 e. The highest BCUT2D eigenvalue weighted by molar-refractivity contribution is 4.88. The van der Waals surface area contributed by atoms with Gasteiger partial charge in [0.1, 0.15) is 5.82 Å². The number of halogens is 3. The Morgan fingerprint density at radius 3 is 2.56 bits per heavy atom. The maximum Gasteiger partial charge on any atom is 0.391 e. The standard InChI is InChI=1S/C12H18F3N3/c13-12(14,15)9-1-3-10(4-2-9)16-6-5-11-17-7-8-18-11/h7-10,16H,1-6H2,(H,17,18). The molecule has 0 spiro atoms. The highest BCUT2D eigenvalue weighted by Crippen LogP contribution is 2.37. The summed E-state index contributed by atoms with van der Waals surface area (Å²) < 4.78 is 37.4. The van der Waals surface area contributed by atoms with Crippen LogP contribution in [0.25, 0.3) is 0 Å². The Labute approximate surface area is 104 Å². The first-order chi connectivity index (χ1) is 8.55. The zero-order valence-corrected chi connectivity index (χ0v) is 10.1. The Balaban J connectivity index is 1.65. The second-order valence-electron chi connectivity index (χ2n) is 4.83. The summed E-state index contributed by atoms with van der Waals surface area (Å²) >= 11 is 0. The first kappa shape index (κ1) is 13.4. The van der Waals surface area contributed by atoms with Crippen LogP contribution in [-0.2, 0) is 6.42 Å². The van der Waals surface area contributed by atoms with Crippen LogP contribution in [0, 0.1) is 5.92 Å². The van der Waals surface area contributed by atoms with Crippen molar-refractivity contribution in [1.29, 1.82) is 0 Å². The quantitative estimate of drug-likeness (QED) is 0.874. The van der Waals surface area contributed by atoms with Gasteiger partial charge in [-0.2, -0.15) is 13.2 Å². The van der Waals surface area contributed by atoms with Gasteiger partial charge in [0.2, 0.25) is 0 Å². The summed E-state index contributed by atoms with van der Waals surface area (Å²) in [6, 6.07) is 0.221. The zero-order valence-electron chi connectivity index (χ0n) is 10.1. The van der Waals surface area contributed by atoms with Gasteiger partial charge in [0.15, 0.2) is 0 Å². The van der Waals surface area contributed by atoms with Crippen molar-refractivity contribution in [3.63, 3.8) is 0 Å². The van der Waals surface area contributed by atoms with E-state index in [1.807, 2.05) is 0 Å². The van der Waals surface area contributed by atoms with Crippen molar-refractivity contribution in [3.8, 4) is 0 Å². The van der Waals surface area contributed by atoms with Gasteiger partial charge in [-0.05, 0) is 25.7 Å². The molecule has 1 aromatic heterocycles. The number of rotatable bonds is 4. The third-order valence-electron chi connectivity index (χ3n) is 3.54.